The molecule has 7 heteroatoms. The third-order valence-electron chi connectivity index (χ3n) is 2.53. The minimum absolute atomic E-state index is 0.261. The molecule has 0 aliphatic carbocycles. The Labute approximate surface area is 129 Å². The Bertz CT molecular complexity index is 647. The Hall–Kier alpha value is -1.79. The zero-order valence-electron chi connectivity index (χ0n) is 10.6. The summed E-state index contributed by atoms with van der Waals surface area (Å²) in [5.41, 5.74) is 6.54. The fraction of sp³-hybridized carbons (Fsp3) is 0.0714. The second-order valence-electron chi connectivity index (χ2n) is 4.10. The van der Waals surface area contributed by atoms with E-state index in [1.165, 1.54) is 24.3 Å². The van der Waals surface area contributed by atoms with Crippen LogP contribution in [0.2, 0.25) is 5.02 Å². The Morgan fingerprint density at radius 2 is 1.95 bits per heavy atom. The number of hydrogen-bond donors (Lipinski definition) is 2. The molecule has 0 saturated carbocycles. The van der Waals surface area contributed by atoms with Gasteiger partial charge < -0.3 is 11.1 Å². The molecule has 21 heavy (non-hydrogen) atoms. The fourth-order valence-electron chi connectivity index (χ4n) is 1.71. The van der Waals surface area contributed by atoms with Gasteiger partial charge >= 0.3 is 0 Å². The molecule has 0 heterocycles. The average molecular weight is 329 g/mol. The Kier molecular flexibility index (Phi) is 5.03. The number of carbonyl (C=O) groups excluding carboxylic acids is 1. The van der Waals surface area contributed by atoms with Crippen molar-refractivity contribution in [1.82, 2.24) is 0 Å². The first-order chi connectivity index (χ1) is 9.95. The monoisotopic (exact) mass is 328 g/mol. The van der Waals surface area contributed by atoms with Crippen LogP contribution >= 0.6 is 23.4 Å². The number of nitrogen functional groups attached to an aromatic ring is 1. The highest BCUT2D eigenvalue weighted by Crippen LogP contribution is 2.32. The number of rotatable bonds is 4. The van der Waals surface area contributed by atoms with E-state index in [4.69, 9.17) is 17.3 Å². The van der Waals surface area contributed by atoms with E-state index in [2.05, 4.69) is 5.32 Å². The molecule has 1 amide bonds. The van der Waals surface area contributed by atoms with Crippen LogP contribution in [0, 0.1) is 0 Å². The third-order valence-corrected chi connectivity index (χ3v) is 3.54. The first kappa shape index (κ1) is 15.6. The van der Waals surface area contributed by atoms with E-state index in [1.54, 1.807) is 18.2 Å². The maximum Gasteiger partial charge on any atom is 0.288 e. The SMILES string of the molecule is Nc1cc(Cl)cc(C(=O)Nc2ccccc2SC(F)F)c1. The lowest BCUT2D eigenvalue weighted by molar-refractivity contribution is 0.102. The topological polar surface area (TPSA) is 55.1 Å². The van der Waals surface area contributed by atoms with Crippen LogP contribution in [0.5, 0.6) is 0 Å². The number of hydrogen-bond acceptors (Lipinski definition) is 3. The lowest BCUT2D eigenvalue weighted by Crippen LogP contribution is -2.13. The second-order valence-corrected chi connectivity index (χ2v) is 5.57. The number of halogens is 3. The van der Waals surface area contributed by atoms with Gasteiger partial charge in [-0.1, -0.05) is 35.5 Å². The van der Waals surface area contributed by atoms with Crippen LogP contribution in [0.1, 0.15) is 10.4 Å². The van der Waals surface area contributed by atoms with E-state index < -0.39 is 11.7 Å². The van der Waals surface area contributed by atoms with Gasteiger partial charge in [0.1, 0.15) is 0 Å². The minimum Gasteiger partial charge on any atom is -0.399 e. The van der Waals surface area contributed by atoms with Gasteiger partial charge in [0.2, 0.25) is 0 Å². The molecular weight excluding hydrogens is 318 g/mol. The van der Waals surface area contributed by atoms with Gasteiger partial charge in [0.25, 0.3) is 11.7 Å². The largest absolute Gasteiger partial charge is 0.399 e. The second kappa shape index (κ2) is 6.78. The standard InChI is InChI=1S/C14H11ClF2N2OS/c15-9-5-8(6-10(18)7-9)13(20)19-11-3-1-2-4-12(11)21-14(16)17/h1-7,14H,18H2,(H,19,20). The molecule has 3 nitrogen and oxygen atoms in total. The van der Waals surface area contributed by atoms with Crippen LogP contribution < -0.4 is 11.1 Å². The molecule has 2 aromatic carbocycles. The summed E-state index contributed by atoms with van der Waals surface area (Å²) in [6, 6.07) is 10.8. The number of alkyl halides is 2. The Morgan fingerprint density at radius 1 is 1.24 bits per heavy atom. The minimum atomic E-state index is -2.56. The molecule has 0 aliphatic heterocycles. The van der Waals surface area contributed by atoms with Crippen LogP contribution in [-0.4, -0.2) is 11.7 Å². The highest BCUT2D eigenvalue weighted by molar-refractivity contribution is 7.99. The van der Waals surface area contributed by atoms with Gasteiger partial charge in [-0.3, -0.25) is 4.79 Å². The van der Waals surface area contributed by atoms with Crippen molar-refractivity contribution in [2.24, 2.45) is 0 Å². The first-order valence-electron chi connectivity index (χ1n) is 5.87. The zero-order chi connectivity index (χ0) is 15.4. The number of benzene rings is 2. The van der Waals surface area contributed by atoms with Crippen LogP contribution in [-0.2, 0) is 0 Å². The Balaban J connectivity index is 2.23. The Morgan fingerprint density at radius 3 is 2.62 bits per heavy atom. The number of para-hydroxylation sites is 1. The van der Waals surface area contributed by atoms with E-state index >= 15 is 0 Å². The number of amides is 1. The molecule has 0 bridgehead atoms. The molecule has 0 spiro atoms. The highest BCUT2D eigenvalue weighted by Gasteiger charge is 2.13. The van der Waals surface area contributed by atoms with Crippen molar-refractivity contribution in [3.05, 3.63) is 53.1 Å². The quantitative estimate of drug-likeness (QED) is 0.642. The van der Waals surface area contributed by atoms with Gasteiger partial charge in [0.15, 0.2) is 0 Å². The van der Waals surface area contributed by atoms with Gasteiger partial charge in [-0.05, 0) is 30.3 Å². The summed E-state index contributed by atoms with van der Waals surface area (Å²) in [6.45, 7) is 0. The lowest BCUT2D eigenvalue weighted by Gasteiger charge is -2.11. The molecule has 0 fully saturated rings. The maximum absolute atomic E-state index is 12.5. The molecule has 0 atom stereocenters. The van der Waals surface area contributed by atoms with E-state index in [0.717, 1.165) is 0 Å². The first-order valence-corrected chi connectivity index (χ1v) is 7.13. The van der Waals surface area contributed by atoms with Crippen molar-refractivity contribution in [3.8, 4) is 0 Å². The zero-order valence-corrected chi connectivity index (χ0v) is 12.2. The fourth-order valence-corrected chi connectivity index (χ4v) is 2.55. The van der Waals surface area contributed by atoms with Crippen molar-refractivity contribution in [1.29, 1.82) is 0 Å². The molecule has 0 unspecified atom stereocenters. The van der Waals surface area contributed by atoms with Crippen LogP contribution in [0.15, 0.2) is 47.4 Å². The van der Waals surface area contributed by atoms with E-state index in [9.17, 15) is 13.6 Å². The third kappa shape index (κ3) is 4.34. The van der Waals surface area contributed by atoms with Crippen molar-refractivity contribution >= 4 is 40.6 Å². The summed E-state index contributed by atoms with van der Waals surface area (Å²) in [7, 11) is 0. The van der Waals surface area contributed by atoms with Crippen molar-refractivity contribution in [2.45, 2.75) is 10.7 Å². The summed E-state index contributed by atoms with van der Waals surface area (Å²) >= 11 is 6.20. The van der Waals surface area contributed by atoms with Crippen molar-refractivity contribution in [2.75, 3.05) is 11.1 Å². The molecule has 0 aliphatic rings. The molecule has 110 valence electrons. The normalized spacial score (nSPS) is 10.7. The van der Waals surface area contributed by atoms with Crippen molar-refractivity contribution in [3.63, 3.8) is 0 Å². The average Bonchev–Trinajstić information content (AvgIpc) is 2.39. The van der Waals surface area contributed by atoms with E-state index in [0.29, 0.717) is 28.2 Å². The number of nitrogens with two attached hydrogens (primary N) is 1. The summed E-state index contributed by atoms with van der Waals surface area (Å²) < 4.78 is 25.0. The smallest absolute Gasteiger partial charge is 0.288 e. The molecular formula is C14H11ClF2N2OS. The summed E-state index contributed by atoms with van der Waals surface area (Å²) in [4.78, 5) is 12.4. The molecule has 2 rings (SSSR count). The molecule has 0 saturated heterocycles. The van der Waals surface area contributed by atoms with Gasteiger partial charge in [0.05, 0.1) is 5.69 Å². The maximum atomic E-state index is 12.5. The molecule has 0 radical (unpaired) electrons. The number of thioether (sulfide) groups is 1. The summed E-state index contributed by atoms with van der Waals surface area (Å²) in [5.74, 6) is -3.03. The molecule has 0 aromatic heterocycles. The van der Waals surface area contributed by atoms with Gasteiger partial charge in [-0.25, -0.2) is 0 Å². The highest BCUT2D eigenvalue weighted by atomic mass is 35.5. The number of nitrogens with one attached hydrogen (secondary N) is 1. The van der Waals surface area contributed by atoms with Crippen molar-refractivity contribution < 1.29 is 13.6 Å². The predicted molar refractivity (Wildman–Crippen MR) is 82.1 cm³/mol. The van der Waals surface area contributed by atoms with Gasteiger partial charge in [-0.2, -0.15) is 8.78 Å². The van der Waals surface area contributed by atoms with Gasteiger partial charge in [-0.15, -0.1) is 0 Å². The molecule has 2 aromatic rings. The van der Waals surface area contributed by atoms with Crippen LogP contribution in [0.3, 0.4) is 0 Å². The van der Waals surface area contributed by atoms with Crippen LogP contribution in [0.25, 0.3) is 0 Å². The summed E-state index contributed by atoms with van der Waals surface area (Å²) in [6.07, 6.45) is 0. The predicted octanol–water partition coefficient (Wildman–Crippen LogP) is 4.49. The van der Waals surface area contributed by atoms with E-state index in [-0.39, 0.29) is 10.5 Å². The summed E-state index contributed by atoms with van der Waals surface area (Å²) in [5, 5.41) is 2.91. The van der Waals surface area contributed by atoms with Gasteiger partial charge in [0, 0.05) is 21.2 Å². The number of anilines is 2. The number of carbonyl (C=O) groups is 1. The van der Waals surface area contributed by atoms with E-state index in [1.807, 2.05) is 0 Å². The lowest BCUT2D eigenvalue weighted by atomic mass is 10.2. The van der Waals surface area contributed by atoms with Crippen LogP contribution in [0.4, 0.5) is 20.2 Å². The molecule has 3 N–H and O–H groups in total.